The van der Waals surface area contributed by atoms with E-state index in [0.29, 0.717) is 5.56 Å². The van der Waals surface area contributed by atoms with Crippen LogP contribution in [0.25, 0.3) is 0 Å². The van der Waals surface area contributed by atoms with Crippen molar-refractivity contribution in [2.24, 2.45) is 0 Å². The van der Waals surface area contributed by atoms with E-state index in [1.165, 1.54) is 36.4 Å². The Morgan fingerprint density at radius 3 is 1.88 bits per heavy atom. The van der Waals surface area contributed by atoms with Crippen LogP contribution in [0.15, 0.2) is 48.5 Å². The van der Waals surface area contributed by atoms with Crippen LogP contribution >= 0.6 is 0 Å². The Bertz CT molecular complexity index is 763. The molecule has 2 rings (SSSR count). The first kappa shape index (κ1) is 19.2. The standard InChI is InChI=1S/C18H20N2O6/c21-12-7-5-11(6-8-12)15(17(23)24)19-9-10-20-16(18(25)26)13-3-1-2-4-14(13)22/h1-8,15-16,19-22H,9-10H2,(H,23,24)(H,25,26). The maximum atomic E-state index is 11.4. The SMILES string of the molecule is O=C(O)C(NCCNC(C(=O)O)c1ccccc1O)c1ccc(O)cc1. The van der Waals surface area contributed by atoms with Gasteiger partial charge in [-0.3, -0.25) is 20.2 Å². The molecule has 138 valence electrons. The molecule has 0 radical (unpaired) electrons. The molecule has 0 aliphatic rings. The molecule has 0 aliphatic heterocycles. The third kappa shape index (κ3) is 4.95. The molecule has 2 aromatic carbocycles. The first-order valence-electron chi connectivity index (χ1n) is 7.89. The molecule has 0 saturated carbocycles. The minimum absolute atomic E-state index is 0.0338. The summed E-state index contributed by atoms with van der Waals surface area (Å²) in [6, 6.07) is 9.79. The maximum absolute atomic E-state index is 11.4. The zero-order valence-corrected chi connectivity index (χ0v) is 13.8. The molecule has 0 fully saturated rings. The number of nitrogens with one attached hydrogen (secondary N) is 2. The summed E-state index contributed by atoms with van der Waals surface area (Å²) in [6.07, 6.45) is 0. The van der Waals surface area contributed by atoms with Crippen LogP contribution in [0.1, 0.15) is 23.2 Å². The van der Waals surface area contributed by atoms with Gasteiger partial charge in [-0.15, -0.1) is 0 Å². The van der Waals surface area contributed by atoms with E-state index in [-0.39, 0.29) is 30.2 Å². The van der Waals surface area contributed by atoms with Crippen molar-refractivity contribution in [1.29, 1.82) is 0 Å². The van der Waals surface area contributed by atoms with Gasteiger partial charge in [0.25, 0.3) is 0 Å². The highest BCUT2D eigenvalue weighted by Gasteiger charge is 2.23. The number of hydrogen-bond donors (Lipinski definition) is 6. The minimum atomic E-state index is -1.15. The van der Waals surface area contributed by atoms with Crippen molar-refractivity contribution in [1.82, 2.24) is 10.6 Å². The van der Waals surface area contributed by atoms with E-state index in [0.717, 1.165) is 0 Å². The lowest BCUT2D eigenvalue weighted by molar-refractivity contribution is -0.141. The highest BCUT2D eigenvalue weighted by Crippen LogP contribution is 2.23. The molecule has 0 heterocycles. The van der Waals surface area contributed by atoms with Crippen molar-refractivity contribution in [3.63, 3.8) is 0 Å². The number of benzene rings is 2. The summed E-state index contributed by atoms with van der Waals surface area (Å²) in [6.45, 7) is 0.336. The zero-order chi connectivity index (χ0) is 19.1. The Hall–Kier alpha value is -3.10. The number of phenolic OH excluding ortho intramolecular Hbond substituents is 2. The van der Waals surface area contributed by atoms with Crippen molar-refractivity contribution >= 4 is 11.9 Å². The molecule has 0 aliphatic carbocycles. The number of aromatic hydroxyl groups is 2. The van der Waals surface area contributed by atoms with E-state index in [2.05, 4.69) is 10.6 Å². The fourth-order valence-corrected chi connectivity index (χ4v) is 2.51. The molecular formula is C18H20N2O6. The smallest absolute Gasteiger partial charge is 0.325 e. The van der Waals surface area contributed by atoms with Crippen LogP contribution in [-0.4, -0.2) is 45.5 Å². The molecule has 0 amide bonds. The number of para-hydroxylation sites is 1. The fourth-order valence-electron chi connectivity index (χ4n) is 2.51. The topological polar surface area (TPSA) is 139 Å². The van der Waals surface area contributed by atoms with Gasteiger partial charge in [0.2, 0.25) is 0 Å². The van der Waals surface area contributed by atoms with E-state index >= 15 is 0 Å². The maximum Gasteiger partial charge on any atom is 0.325 e. The Morgan fingerprint density at radius 2 is 1.35 bits per heavy atom. The number of aliphatic carboxylic acids is 2. The lowest BCUT2D eigenvalue weighted by Crippen LogP contribution is -2.37. The third-order valence-electron chi connectivity index (χ3n) is 3.79. The second-order valence-corrected chi connectivity index (χ2v) is 5.60. The molecule has 2 aromatic rings. The molecule has 6 N–H and O–H groups in total. The summed E-state index contributed by atoms with van der Waals surface area (Å²) in [5.74, 6) is -2.34. The molecule has 0 spiro atoms. The zero-order valence-electron chi connectivity index (χ0n) is 13.8. The highest BCUT2D eigenvalue weighted by atomic mass is 16.4. The molecule has 0 saturated heterocycles. The van der Waals surface area contributed by atoms with E-state index in [4.69, 9.17) is 0 Å². The van der Waals surface area contributed by atoms with Crippen molar-refractivity contribution in [3.05, 3.63) is 59.7 Å². The Balaban J connectivity index is 1.96. The van der Waals surface area contributed by atoms with Crippen LogP contribution in [0.4, 0.5) is 0 Å². The van der Waals surface area contributed by atoms with Gasteiger partial charge in [-0.2, -0.15) is 0 Å². The summed E-state index contributed by atoms with van der Waals surface area (Å²) in [5, 5.41) is 43.3. The molecule has 8 heteroatoms. The quantitative estimate of drug-likeness (QED) is 0.367. The molecule has 26 heavy (non-hydrogen) atoms. The average Bonchev–Trinajstić information content (AvgIpc) is 2.60. The average molecular weight is 360 g/mol. The predicted octanol–water partition coefficient (Wildman–Crippen LogP) is 1.23. The first-order valence-corrected chi connectivity index (χ1v) is 7.89. The number of phenols is 2. The van der Waals surface area contributed by atoms with Crippen molar-refractivity contribution in [3.8, 4) is 11.5 Å². The van der Waals surface area contributed by atoms with Gasteiger partial charge >= 0.3 is 11.9 Å². The molecule has 2 unspecified atom stereocenters. The van der Waals surface area contributed by atoms with E-state index in [9.17, 15) is 30.0 Å². The van der Waals surface area contributed by atoms with Crippen molar-refractivity contribution < 1.29 is 30.0 Å². The number of carboxylic acid groups (broad SMARTS) is 2. The number of hydrogen-bond acceptors (Lipinski definition) is 6. The third-order valence-corrected chi connectivity index (χ3v) is 3.79. The summed E-state index contributed by atoms with van der Waals surface area (Å²) < 4.78 is 0. The van der Waals surface area contributed by atoms with E-state index in [1.54, 1.807) is 12.1 Å². The van der Waals surface area contributed by atoms with Gasteiger partial charge in [-0.1, -0.05) is 30.3 Å². The Morgan fingerprint density at radius 1 is 0.808 bits per heavy atom. The van der Waals surface area contributed by atoms with Crippen LogP contribution in [0.5, 0.6) is 11.5 Å². The van der Waals surface area contributed by atoms with Gasteiger partial charge < -0.3 is 20.4 Å². The Kier molecular flexibility index (Phi) is 6.54. The number of carbonyl (C=O) groups is 2. The minimum Gasteiger partial charge on any atom is -0.508 e. The summed E-state index contributed by atoms with van der Waals surface area (Å²) in [5.41, 5.74) is 0.694. The van der Waals surface area contributed by atoms with E-state index in [1.807, 2.05) is 0 Å². The van der Waals surface area contributed by atoms with Gasteiger partial charge in [-0.05, 0) is 23.8 Å². The number of carboxylic acids is 2. The Labute approximate surface area is 149 Å². The van der Waals surface area contributed by atoms with Crippen molar-refractivity contribution in [2.75, 3.05) is 13.1 Å². The second-order valence-electron chi connectivity index (χ2n) is 5.60. The van der Waals surface area contributed by atoms with Crippen LogP contribution < -0.4 is 10.6 Å². The van der Waals surface area contributed by atoms with Gasteiger partial charge in [0.05, 0.1) is 0 Å². The largest absolute Gasteiger partial charge is 0.508 e. The van der Waals surface area contributed by atoms with Crippen LogP contribution in [0, 0.1) is 0 Å². The van der Waals surface area contributed by atoms with Gasteiger partial charge in [-0.25, -0.2) is 0 Å². The van der Waals surface area contributed by atoms with Crippen LogP contribution in [0.3, 0.4) is 0 Å². The summed E-state index contributed by atoms with van der Waals surface area (Å²) >= 11 is 0. The molecule has 0 aromatic heterocycles. The molecule has 0 bridgehead atoms. The van der Waals surface area contributed by atoms with Crippen LogP contribution in [-0.2, 0) is 9.59 Å². The van der Waals surface area contributed by atoms with Gasteiger partial charge in [0.1, 0.15) is 23.6 Å². The normalized spacial score (nSPS) is 13.1. The fraction of sp³-hybridized carbons (Fsp3) is 0.222. The highest BCUT2D eigenvalue weighted by molar-refractivity contribution is 5.77. The monoisotopic (exact) mass is 360 g/mol. The number of rotatable bonds is 9. The molecule has 8 nitrogen and oxygen atoms in total. The van der Waals surface area contributed by atoms with Gasteiger partial charge in [0, 0.05) is 18.7 Å². The lowest BCUT2D eigenvalue weighted by atomic mass is 10.1. The van der Waals surface area contributed by atoms with E-state index < -0.39 is 24.0 Å². The molecule has 2 atom stereocenters. The summed E-state index contributed by atoms with van der Waals surface area (Å²) in [7, 11) is 0. The van der Waals surface area contributed by atoms with Gasteiger partial charge in [0.15, 0.2) is 0 Å². The van der Waals surface area contributed by atoms with Crippen molar-refractivity contribution in [2.45, 2.75) is 12.1 Å². The predicted molar refractivity (Wildman–Crippen MR) is 93.0 cm³/mol. The molecular weight excluding hydrogens is 340 g/mol. The summed E-state index contributed by atoms with van der Waals surface area (Å²) in [4.78, 5) is 22.8. The second kappa shape index (κ2) is 8.84. The first-order chi connectivity index (χ1) is 12.4. The van der Waals surface area contributed by atoms with Crippen LogP contribution in [0.2, 0.25) is 0 Å². The lowest BCUT2D eigenvalue weighted by Gasteiger charge is -2.18.